The van der Waals surface area contributed by atoms with Gasteiger partial charge in [-0.05, 0) is 29.6 Å². The van der Waals surface area contributed by atoms with Gasteiger partial charge in [-0.25, -0.2) is 0 Å². The average molecular weight is 391 g/mol. The molecule has 0 aliphatic carbocycles. The second kappa shape index (κ2) is 6.93. The van der Waals surface area contributed by atoms with Crippen LogP contribution in [0.15, 0.2) is 10.6 Å². The number of rotatable bonds is 4. The van der Waals surface area contributed by atoms with E-state index in [1.807, 2.05) is 6.07 Å². The summed E-state index contributed by atoms with van der Waals surface area (Å²) in [6, 6.07) is 1.91. The van der Waals surface area contributed by atoms with E-state index in [2.05, 4.69) is 20.4 Å². The Hall–Kier alpha value is -2.46. The molecule has 4 heterocycles. The number of carbonyl (C=O) groups excluding carboxylic acids is 2. The molecule has 2 aromatic rings. The zero-order chi connectivity index (χ0) is 19.0. The van der Waals surface area contributed by atoms with Crippen molar-refractivity contribution >= 4 is 29.1 Å². The summed E-state index contributed by atoms with van der Waals surface area (Å²) < 4.78 is 11.3. The minimum absolute atomic E-state index is 0.165. The van der Waals surface area contributed by atoms with Crippen molar-refractivity contribution < 1.29 is 18.8 Å². The van der Waals surface area contributed by atoms with E-state index in [1.165, 1.54) is 16.2 Å². The lowest BCUT2D eigenvalue weighted by molar-refractivity contribution is -0.117. The van der Waals surface area contributed by atoms with Crippen LogP contribution < -0.4 is 16.0 Å². The summed E-state index contributed by atoms with van der Waals surface area (Å²) in [6.07, 6.45) is 2.36. The summed E-state index contributed by atoms with van der Waals surface area (Å²) in [5, 5.41) is 6.54. The molecule has 0 atom stereocenters. The number of nitrogens with two attached hydrogens (primary N) is 1. The first kappa shape index (κ1) is 17.9. The number of piperidine rings is 1. The minimum Gasteiger partial charge on any atom is -0.370 e. The van der Waals surface area contributed by atoms with Gasteiger partial charge in [0.1, 0.15) is 0 Å². The zero-order valence-electron chi connectivity index (χ0n) is 15.0. The van der Waals surface area contributed by atoms with Gasteiger partial charge in [-0.15, -0.1) is 11.3 Å². The molecule has 2 aliphatic heterocycles. The highest BCUT2D eigenvalue weighted by Crippen LogP contribution is 2.44. The molecule has 2 aromatic heterocycles. The predicted molar refractivity (Wildman–Crippen MR) is 97.7 cm³/mol. The maximum Gasteiger partial charge on any atom is 0.266 e. The van der Waals surface area contributed by atoms with E-state index in [-0.39, 0.29) is 18.1 Å². The van der Waals surface area contributed by atoms with Gasteiger partial charge in [0.2, 0.25) is 11.8 Å². The lowest BCUT2D eigenvalue weighted by Gasteiger charge is -2.43. The van der Waals surface area contributed by atoms with Crippen LogP contribution in [-0.4, -0.2) is 48.2 Å². The van der Waals surface area contributed by atoms with E-state index in [9.17, 15) is 9.59 Å². The lowest BCUT2D eigenvalue weighted by atomic mass is 9.82. The number of aromatic nitrogens is 2. The molecule has 2 aliphatic rings. The highest BCUT2D eigenvalue weighted by Gasteiger charge is 2.43. The first-order valence-corrected chi connectivity index (χ1v) is 9.67. The molecule has 4 rings (SSSR count). The third-order valence-corrected chi connectivity index (χ3v) is 6.22. The van der Waals surface area contributed by atoms with Gasteiger partial charge in [-0.1, -0.05) is 0 Å². The van der Waals surface area contributed by atoms with Crippen LogP contribution in [-0.2, 0) is 21.6 Å². The number of fused-ring (bicyclic) bond motifs is 2. The van der Waals surface area contributed by atoms with Crippen molar-refractivity contribution in [1.82, 2.24) is 15.5 Å². The van der Waals surface area contributed by atoms with Gasteiger partial charge in [0, 0.05) is 31.3 Å². The number of thiophene rings is 1. The van der Waals surface area contributed by atoms with Gasteiger partial charge in [0.05, 0.1) is 23.6 Å². The molecular formula is C17H21N5O4S. The normalized spacial score (nSPS) is 18.3. The molecule has 27 heavy (non-hydrogen) atoms. The fourth-order valence-corrected chi connectivity index (χ4v) is 4.83. The molecule has 2 amide bonds. The standard InChI is InChI=1S/C17H21N5O4S/c1-10-20-16(21-26-10)22-5-3-17(4-6-22)11-8-13(15(24)19-9-14(18)23)27-12(11)2-7-25-17/h8H,2-7,9H2,1H3,(H2,18,23)(H,19,24). The monoisotopic (exact) mass is 391 g/mol. The molecule has 3 N–H and O–H groups in total. The van der Waals surface area contributed by atoms with Crippen LogP contribution in [0.3, 0.4) is 0 Å². The van der Waals surface area contributed by atoms with Gasteiger partial charge in [0.15, 0.2) is 0 Å². The second-order valence-corrected chi connectivity index (χ2v) is 7.93. The van der Waals surface area contributed by atoms with Crippen molar-refractivity contribution in [3.8, 4) is 0 Å². The van der Waals surface area contributed by atoms with Crippen LogP contribution in [0.25, 0.3) is 0 Å². The second-order valence-electron chi connectivity index (χ2n) is 6.79. The molecular weight excluding hydrogens is 370 g/mol. The van der Waals surface area contributed by atoms with Crippen LogP contribution in [0.1, 0.15) is 38.8 Å². The van der Waals surface area contributed by atoms with E-state index in [1.54, 1.807) is 6.92 Å². The molecule has 0 radical (unpaired) electrons. The first-order chi connectivity index (χ1) is 13.0. The Morgan fingerprint density at radius 2 is 2.19 bits per heavy atom. The van der Waals surface area contributed by atoms with Crippen molar-refractivity contribution in [2.75, 3.05) is 31.1 Å². The van der Waals surface area contributed by atoms with Gasteiger partial charge >= 0.3 is 0 Å². The number of aryl methyl sites for hydroxylation is 1. The molecule has 0 saturated carbocycles. The van der Waals surface area contributed by atoms with E-state index < -0.39 is 5.91 Å². The summed E-state index contributed by atoms with van der Waals surface area (Å²) in [7, 11) is 0. The molecule has 9 nitrogen and oxygen atoms in total. The summed E-state index contributed by atoms with van der Waals surface area (Å²) in [5.41, 5.74) is 5.80. The van der Waals surface area contributed by atoms with Crippen LogP contribution in [0.4, 0.5) is 5.95 Å². The number of hydrogen-bond donors (Lipinski definition) is 2. The number of primary amides is 1. The zero-order valence-corrected chi connectivity index (χ0v) is 15.8. The molecule has 0 bridgehead atoms. The van der Waals surface area contributed by atoms with Crippen LogP contribution in [0.5, 0.6) is 0 Å². The van der Waals surface area contributed by atoms with Crippen molar-refractivity contribution in [2.24, 2.45) is 5.73 Å². The SMILES string of the molecule is Cc1nc(N2CCC3(CC2)OCCc2sc(C(=O)NCC(N)=O)cc23)no1. The molecule has 1 saturated heterocycles. The Labute approximate surface area is 159 Å². The average Bonchev–Trinajstić information content (AvgIpc) is 3.28. The van der Waals surface area contributed by atoms with Gasteiger partial charge < -0.3 is 25.2 Å². The number of anilines is 1. The largest absolute Gasteiger partial charge is 0.370 e. The number of nitrogens with zero attached hydrogens (tertiary/aromatic N) is 3. The third kappa shape index (κ3) is 3.42. The van der Waals surface area contributed by atoms with Crippen molar-refractivity contribution in [1.29, 1.82) is 0 Å². The number of carbonyl (C=O) groups is 2. The highest BCUT2D eigenvalue weighted by molar-refractivity contribution is 7.14. The Morgan fingerprint density at radius 1 is 1.41 bits per heavy atom. The Morgan fingerprint density at radius 3 is 2.85 bits per heavy atom. The maximum atomic E-state index is 12.3. The Bertz CT molecular complexity index is 869. The van der Waals surface area contributed by atoms with Crippen molar-refractivity contribution in [3.05, 3.63) is 27.3 Å². The van der Waals surface area contributed by atoms with Crippen LogP contribution in [0.2, 0.25) is 0 Å². The number of amides is 2. The Balaban J connectivity index is 1.51. The van der Waals surface area contributed by atoms with Crippen LogP contribution in [0, 0.1) is 6.92 Å². The van der Waals surface area contributed by atoms with E-state index in [4.69, 9.17) is 15.0 Å². The summed E-state index contributed by atoms with van der Waals surface area (Å²) >= 11 is 1.47. The molecule has 0 unspecified atom stereocenters. The van der Waals surface area contributed by atoms with E-state index in [0.717, 1.165) is 37.9 Å². The van der Waals surface area contributed by atoms with Gasteiger partial charge in [0.25, 0.3) is 11.9 Å². The summed E-state index contributed by atoms with van der Waals surface area (Å²) in [6.45, 7) is 3.74. The summed E-state index contributed by atoms with van der Waals surface area (Å²) in [5.74, 6) is 0.317. The fraction of sp³-hybridized carbons (Fsp3) is 0.529. The van der Waals surface area contributed by atoms with Gasteiger partial charge in [-0.3, -0.25) is 9.59 Å². The number of nitrogens with one attached hydrogen (secondary N) is 1. The van der Waals surface area contributed by atoms with E-state index >= 15 is 0 Å². The van der Waals surface area contributed by atoms with E-state index in [0.29, 0.717) is 23.3 Å². The highest BCUT2D eigenvalue weighted by atomic mass is 32.1. The predicted octanol–water partition coefficient (Wildman–Crippen LogP) is 0.723. The number of hydrogen-bond acceptors (Lipinski definition) is 8. The minimum atomic E-state index is -0.562. The molecule has 1 fully saturated rings. The van der Waals surface area contributed by atoms with Gasteiger partial charge in [-0.2, -0.15) is 4.98 Å². The lowest BCUT2D eigenvalue weighted by Crippen LogP contribution is -2.46. The maximum absolute atomic E-state index is 12.3. The molecule has 0 aromatic carbocycles. The molecule has 144 valence electrons. The Kier molecular flexibility index (Phi) is 4.60. The molecule has 1 spiro atoms. The quantitative estimate of drug-likeness (QED) is 0.787. The van der Waals surface area contributed by atoms with Crippen LogP contribution >= 0.6 is 11.3 Å². The topological polar surface area (TPSA) is 124 Å². The fourth-order valence-electron chi connectivity index (χ4n) is 3.68. The third-order valence-electron chi connectivity index (χ3n) is 5.03. The molecule has 10 heteroatoms. The number of ether oxygens (including phenoxy) is 1. The van der Waals surface area contributed by atoms with Crippen molar-refractivity contribution in [3.63, 3.8) is 0 Å². The smallest absolute Gasteiger partial charge is 0.266 e. The van der Waals surface area contributed by atoms with Crippen molar-refractivity contribution in [2.45, 2.75) is 31.8 Å². The summed E-state index contributed by atoms with van der Waals surface area (Å²) in [4.78, 5) is 31.3. The first-order valence-electron chi connectivity index (χ1n) is 8.86.